The van der Waals surface area contributed by atoms with Crippen LogP contribution in [0, 0.1) is 11.7 Å². The number of hydrogen-bond acceptors (Lipinski definition) is 1. The quantitative estimate of drug-likeness (QED) is 0.215. The molecule has 0 aliphatic heterocycles. The zero-order valence-corrected chi connectivity index (χ0v) is 19.4. The first kappa shape index (κ1) is 26.5. The van der Waals surface area contributed by atoms with Gasteiger partial charge in [-0.2, -0.15) is 13.2 Å². The van der Waals surface area contributed by atoms with Gasteiger partial charge in [0.15, 0.2) is 11.7 Å². The molecule has 0 saturated carbocycles. The molecule has 0 amide bonds. The first-order valence-electron chi connectivity index (χ1n) is 11.2. The van der Waals surface area contributed by atoms with Crippen molar-refractivity contribution in [2.45, 2.75) is 32.4 Å². The van der Waals surface area contributed by atoms with Crippen molar-refractivity contribution in [3.63, 3.8) is 0 Å². The van der Waals surface area contributed by atoms with E-state index in [0.717, 1.165) is 5.56 Å². The number of alkyl halides is 3. The maximum atomic E-state index is 14.8. The Kier molecular flexibility index (Phi) is 8.78. The molecule has 3 aromatic carbocycles. The van der Waals surface area contributed by atoms with Gasteiger partial charge in [0, 0.05) is 30.4 Å². The van der Waals surface area contributed by atoms with Crippen LogP contribution in [0.2, 0.25) is 0 Å². The lowest BCUT2D eigenvalue weighted by molar-refractivity contribution is -0.178. The summed E-state index contributed by atoms with van der Waals surface area (Å²) in [5, 5.41) is 0. The average Bonchev–Trinajstić information content (AvgIpc) is 2.85. The van der Waals surface area contributed by atoms with E-state index in [-0.39, 0.29) is 30.6 Å². The lowest BCUT2D eigenvalue weighted by Crippen LogP contribution is -2.26. The van der Waals surface area contributed by atoms with E-state index in [4.69, 9.17) is 4.74 Å². The predicted octanol–water partition coefficient (Wildman–Crippen LogP) is 8.58. The Hall–Kier alpha value is -3.06. The highest BCUT2D eigenvalue weighted by Crippen LogP contribution is 2.34. The Bertz CT molecular complexity index is 1150. The monoisotopic (exact) mass is 492 g/mol. The summed E-state index contributed by atoms with van der Waals surface area (Å²) < 4.78 is 88.4. The summed E-state index contributed by atoms with van der Waals surface area (Å²) in [5.41, 5.74) is 1.99. The van der Waals surface area contributed by atoms with Gasteiger partial charge in [0.2, 0.25) is 0 Å². The van der Waals surface area contributed by atoms with Gasteiger partial charge in [-0.15, -0.1) is 0 Å². The van der Waals surface area contributed by atoms with Crippen LogP contribution in [-0.2, 0) is 17.6 Å². The van der Waals surface area contributed by atoms with Crippen LogP contribution in [-0.4, -0.2) is 19.9 Å². The SMILES string of the molecule is CCc1ccc(-c2ccc(/C(F)=C(/F)c3ccc(CC(CCOC)C(F)(F)F)cc3)cc2)c(F)c1. The number of ether oxygens (including phenoxy) is 1. The normalized spacial score (nSPS) is 13.5. The number of halogens is 6. The van der Waals surface area contributed by atoms with Crippen molar-refractivity contribution < 1.29 is 31.1 Å². The topological polar surface area (TPSA) is 9.23 Å². The predicted molar refractivity (Wildman–Crippen MR) is 126 cm³/mol. The third-order valence-corrected chi connectivity index (χ3v) is 5.91. The molecule has 0 heterocycles. The van der Waals surface area contributed by atoms with Gasteiger partial charge in [-0.1, -0.05) is 67.6 Å². The molecule has 0 spiro atoms. The Balaban J connectivity index is 1.77. The van der Waals surface area contributed by atoms with Crippen LogP contribution in [0.1, 0.15) is 35.6 Å². The van der Waals surface area contributed by atoms with Crippen LogP contribution in [0.4, 0.5) is 26.3 Å². The molecule has 0 radical (unpaired) electrons. The number of methoxy groups -OCH3 is 1. The third kappa shape index (κ3) is 6.75. The van der Waals surface area contributed by atoms with E-state index in [0.29, 0.717) is 23.1 Å². The summed E-state index contributed by atoms with van der Waals surface area (Å²) in [6.45, 7) is 1.89. The fraction of sp³-hybridized carbons (Fsp3) is 0.286. The number of rotatable bonds is 9. The molecule has 3 rings (SSSR count). The van der Waals surface area contributed by atoms with E-state index in [1.807, 2.05) is 13.0 Å². The molecule has 0 N–H and O–H groups in total. The van der Waals surface area contributed by atoms with Gasteiger partial charge in [0.1, 0.15) is 5.82 Å². The Morgan fingerprint density at radius 3 is 1.86 bits per heavy atom. The highest BCUT2D eigenvalue weighted by atomic mass is 19.4. The van der Waals surface area contributed by atoms with E-state index in [9.17, 15) is 26.3 Å². The Morgan fingerprint density at radius 1 is 0.829 bits per heavy atom. The van der Waals surface area contributed by atoms with Crippen molar-refractivity contribution in [3.05, 3.63) is 94.8 Å². The molecule has 7 heteroatoms. The van der Waals surface area contributed by atoms with Crippen molar-refractivity contribution in [3.8, 4) is 11.1 Å². The highest BCUT2D eigenvalue weighted by Gasteiger charge is 2.38. The molecule has 0 fully saturated rings. The molecule has 1 unspecified atom stereocenters. The van der Waals surface area contributed by atoms with Crippen LogP contribution in [0.15, 0.2) is 66.7 Å². The van der Waals surface area contributed by atoms with Crippen LogP contribution in [0.5, 0.6) is 0 Å². The summed E-state index contributed by atoms with van der Waals surface area (Å²) in [6, 6.07) is 15.9. The molecular formula is C28H26F6O. The molecule has 3 aromatic rings. The molecule has 0 aromatic heterocycles. The van der Waals surface area contributed by atoms with Gasteiger partial charge in [0.25, 0.3) is 0 Å². The zero-order chi connectivity index (χ0) is 25.6. The summed E-state index contributed by atoms with van der Waals surface area (Å²) in [5.74, 6) is -4.23. The second kappa shape index (κ2) is 11.6. The Labute approximate surface area is 201 Å². The summed E-state index contributed by atoms with van der Waals surface area (Å²) in [4.78, 5) is 0. The Morgan fingerprint density at radius 2 is 1.37 bits per heavy atom. The summed E-state index contributed by atoms with van der Waals surface area (Å²) in [7, 11) is 1.33. The van der Waals surface area contributed by atoms with E-state index < -0.39 is 29.6 Å². The minimum atomic E-state index is -4.39. The van der Waals surface area contributed by atoms with Gasteiger partial charge in [-0.05, 0) is 42.0 Å². The largest absolute Gasteiger partial charge is 0.392 e. The zero-order valence-electron chi connectivity index (χ0n) is 19.4. The molecule has 0 saturated heterocycles. The van der Waals surface area contributed by atoms with Gasteiger partial charge in [0.05, 0.1) is 5.92 Å². The molecule has 1 nitrogen and oxygen atoms in total. The van der Waals surface area contributed by atoms with Crippen molar-refractivity contribution in [2.24, 2.45) is 5.92 Å². The smallest absolute Gasteiger partial charge is 0.385 e. The molecule has 0 bridgehead atoms. The molecule has 0 aliphatic rings. The number of aryl methyl sites for hydroxylation is 1. The minimum Gasteiger partial charge on any atom is -0.385 e. The molecule has 35 heavy (non-hydrogen) atoms. The van der Waals surface area contributed by atoms with Gasteiger partial charge in [-0.25, -0.2) is 13.2 Å². The first-order chi connectivity index (χ1) is 16.6. The minimum absolute atomic E-state index is 0.0275. The van der Waals surface area contributed by atoms with E-state index in [1.165, 1.54) is 61.7 Å². The van der Waals surface area contributed by atoms with Gasteiger partial charge in [-0.3, -0.25) is 0 Å². The number of benzene rings is 3. The van der Waals surface area contributed by atoms with Crippen molar-refractivity contribution in [1.82, 2.24) is 0 Å². The average molecular weight is 493 g/mol. The third-order valence-electron chi connectivity index (χ3n) is 5.91. The van der Waals surface area contributed by atoms with E-state index in [1.54, 1.807) is 6.07 Å². The summed E-state index contributed by atoms with van der Waals surface area (Å²) in [6.07, 6.45) is -4.16. The molecule has 1 atom stereocenters. The highest BCUT2D eigenvalue weighted by molar-refractivity contribution is 5.83. The molecule has 186 valence electrons. The van der Waals surface area contributed by atoms with Crippen LogP contribution >= 0.6 is 0 Å². The van der Waals surface area contributed by atoms with Crippen LogP contribution in [0.25, 0.3) is 22.8 Å². The van der Waals surface area contributed by atoms with E-state index in [2.05, 4.69) is 0 Å². The van der Waals surface area contributed by atoms with Crippen molar-refractivity contribution >= 4 is 11.7 Å². The maximum absolute atomic E-state index is 14.8. The molecular weight excluding hydrogens is 466 g/mol. The lowest BCUT2D eigenvalue weighted by Gasteiger charge is -2.20. The van der Waals surface area contributed by atoms with Crippen molar-refractivity contribution in [1.29, 1.82) is 0 Å². The van der Waals surface area contributed by atoms with Crippen LogP contribution in [0.3, 0.4) is 0 Å². The molecule has 0 aliphatic carbocycles. The summed E-state index contributed by atoms with van der Waals surface area (Å²) >= 11 is 0. The van der Waals surface area contributed by atoms with Crippen molar-refractivity contribution in [2.75, 3.05) is 13.7 Å². The second-order valence-electron chi connectivity index (χ2n) is 8.29. The maximum Gasteiger partial charge on any atom is 0.392 e. The lowest BCUT2D eigenvalue weighted by atomic mass is 9.95. The van der Waals surface area contributed by atoms with Crippen LogP contribution < -0.4 is 0 Å². The van der Waals surface area contributed by atoms with Gasteiger partial charge < -0.3 is 4.74 Å². The van der Waals surface area contributed by atoms with E-state index >= 15 is 0 Å². The fourth-order valence-electron chi connectivity index (χ4n) is 3.78. The number of hydrogen-bond donors (Lipinski definition) is 0. The first-order valence-corrected chi connectivity index (χ1v) is 11.2. The standard InChI is InChI=1S/C28H26F6O/c1-3-18-6-13-24(25(29)17-18)20-9-11-22(12-10-20)27(31)26(30)21-7-4-19(5-8-21)16-23(14-15-35-2)28(32,33)34/h4-13,17,23H,3,14-16H2,1-2H3/b27-26-. The second-order valence-corrected chi connectivity index (χ2v) is 8.29. The van der Waals surface area contributed by atoms with Gasteiger partial charge >= 0.3 is 6.18 Å². The fourth-order valence-corrected chi connectivity index (χ4v) is 3.78.